The normalized spacial score (nSPS) is 23.0. The fourth-order valence-electron chi connectivity index (χ4n) is 5.79. The molecule has 8 nitrogen and oxygen atoms in total. The summed E-state index contributed by atoms with van der Waals surface area (Å²) in [5.74, 6) is -0.556. The maximum absolute atomic E-state index is 13.3. The van der Waals surface area contributed by atoms with Gasteiger partial charge in [-0.15, -0.1) is 0 Å². The van der Waals surface area contributed by atoms with Gasteiger partial charge in [-0.25, -0.2) is 28.1 Å². The molecule has 12 heteroatoms. The van der Waals surface area contributed by atoms with Crippen molar-refractivity contribution < 1.29 is 18.3 Å². The fraction of sp³-hybridized carbons (Fsp3) is 0.176. The maximum atomic E-state index is 13.3. The van der Waals surface area contributed by atoms with Gasteiger partial charge in [-0.05, 0) is 47.5 Å². The molecule has 0 aliphatic carbocycles. The van der Waals surface area contributed by atoms with Gasteiger partial charge in [0, 0.05) is 21.2 Å². The van der Waals surface area contributed by atoms with Crippen molar-refractivity contribution >= 4 is 23.2 Å². The van der Waals surface area contributed by atoms with Crippen molar-refractivity contribution in [3.05, 3.63) is 166 Å². The second-order valence-corrected chi connectivity index (χ2v) is 11.8. The molecule has 0 spiro atoms. The van der Waals surface area contributed by atoms with E-state index in [1.165, 1.54) is 36.9 Å². The molecule has 2 fully saturated rings. The molecule has 2 saturated heterocycles. The minimum Gasteiger partial charge on any atom is -0.354 e. The van der Waals surface area contributed by atoms with Crippen LogP contribution in [0.5, 0.6) is 0 Å². The largest absolute Gasteiger partial charge is 0.354 e. The number of halogens is 4. The van der Waals surface area contributed by atoms with Crippen LogP contribution in [0.2, 0.25) is 10.0 Å². The molecular formula is C34H26Cl2F2N6O2. The minimum absolute atomic E-state index is 0.203. The van der Waals surface area contributed by atoms with Crippen LogP contribution in [0.15, 0.2) is 122 Å². The van der Waals surface area contributed by atoms with Crippen LogP contribution in [0, 0.1) is 11.6 Å². The summed E-state index contributed by atoms with van der Waals surface area (Å²) in [6, 6.07) is 27.9. The molecule has 4 atom stereocenters. The van der Waals surface area contributed by atoms with Gasteiger partial charge < -0.3 is 9.47 Å². The molecule has 4 heterocycles. The monoisotopic (exact) mass is 658 g/mol. The Kier molecular flexibility index (Phi) is 8.12. The van der Waals surface area contributed by atoms with Gasteiger partial charge in [-0.2, -0.15) is 10.2 Å². The second-order valence-electron chi connectivity index (χ2n) is 11.0. The van der Waals surface area contributed by atoms with Crippen molar-refractivity contribution in [2.24, 2.45) is 0 Å². The Morgan fingerprint density at radius 3 is 1.33 bits per heavy atom. The summed E-state index contributed by atoms with van der Waals surface area (Å²) in [7, 11) is 0. The Morgan fingerprint density at radius 2 is 0.978 bits per heavy atom. The van der Waals surface area contributed by atoms with Crippen molar-refractivity contribution in [3.63, 3.8) is 0 Å². The quantitative estimate of drug-likeness (QED) is 0.158. The lowest BCUT2D eigenvalue weighted by molar-refractivity contribution is 0.262. The number of rotatable bonds is 8. The number of hydrogen-bond donors (Lipinski definition) is 0. The molecule has 46 heavy (non-hydrogen) atoms. The lowest BCUT2D eigenvalue weighted by Gasteiger charge is -2.14. The highest BCUT2D eigenvalue weighted by molar-refractivity contribution is 6.31. The highest BCUT2D eigenvalue weighted by atomic mass is 35.5. The molecule has 2 aliphatic rings. The fourth-order valence-corrected chi connectivity index (χ4v) is 6.26. The topological polar surface area (TPSA) is 86.5 Å². The van der Waals surface area contributed by atoms with Crippen LogP contribution in [0.25, 0.3) is 0 Å². The molecule has 4 unspecified atom stereocenters. The first-order valence-corrected chi connectivity index (χ1v) is 15.1. The zero-order valence-electron chi connectivity index (χ0n) is 24.1. The summed E-state index contributed by atoms with van der Waals surface area (Å²) >= 11 is 12.6. The van der Waals surface area contributed by atoms with E-state index in [1.54, 1.807) is 46.3 Å². The van der Waals surface area contributed by atoms with E-state index >= 15 is 0 Å². The van der Waals surface area contributed by atoms with Crippen molar-refractivity contribution in [1.82, 2.24) is 29.5 Å². The summed E-state index contributed by atoms with van der Waals surface area (Å²) in [5, 5.41) is 9.61. The average Bonchev–Trinajstić information content (AvgIpc) is 3.75. The number of aromatic nitrogens is 6. The Balaban J connectivity index is 0.000000147. The van der Waals surface area contributed by atoms with Crippen LogP contribution in [0.4, 0.5) is 8.78 Å². The van der Waals surface area contributed by atoms with Gasteiger partial charge in [0.05, 0.1) is 13.1 Å². The Hall–Kier alpha value is -4.48. The first-order valence-electron chi connectivity index (χ1n) is 14.4. The summed E-state index contributed by atoms with van der Waals surface area (Å²) < 4.78 is 42.1. The lowest BCUT2D eigenvalue weighted by atomic mass is 9.91. The maximum Gasteiger partial charge on any atom is 0.144 e. The van der Waals surface area contributed by atoms with E-state index in [9.17, 15) is 8.78 Å². The van der Waals surface area contributed by atoms with E-state index in [-0.39, 0.29) is 23.8 Å². The van der Waals surface area contributed by atoms with Gasteiger partial charge in [0.25, 0.3) is 0 Å². The average molecular weight is 660 g/mol. The van der Waals surface area contributed by atoms with E-state index < -0.39 is 11.2 Å². The number of benzene rings is 4. The SMILES string of the molecule is Fc1ccc(C2(Cn3cncn3)OC2c2ccccc2Cl)cc1.Fc1ccc(C2(Cn3cncn3)OC2c2ccccc2Cl)cc1. The van der Waals surface area contributed by atoms with Crippen molar-refractivity contribution in [2.45, 2.75) is 36.5 Å². The summed E-state index contributed by atoms with van der Waals surface area (Å²) in [6.07, 6.45) is 5.82. The molecule has 0 radical (unpaired) electrons. The molecule has 0 bridgehead atoms. The third kappa shape index (κ3) is 5.92. The number of nitrogens with zero attached hydrogens (tertiary/aromatic N) is 6. The van der Waals surface area contributed by atoms with E-state index in [1.807, 2.05) is 48.5 Å². The van der Waals surface area contributed by atoms with Crippen LogP contribution < -0.4 is 0 Å². The smallest absolute Gasteiger partial charge is 0.144 e. The van der Waals surface area contributed by atoms with E-state index in [4.69, 9.17) is 32.7 Å². The summed E-state index contributed by atoms with van der Waals surface area (Å²) in [5.41, 5.74) is 2.37. The van der Waals surface area contributed by atoms with E-state index in [0.717, 1.165) is 22.3 Å². The van der Waals surface area contributed by atoms with Gasteiger partial charge in [-0.3, -0.25) is 0 Å². The van der Waals surface area contributed by atoms with Crippen LogP contribution in [-0.4, -0.2) is 29.5 Å². The van der Waals surface area contributed by atoms with Crippen LogP contribution in [0.3, 0.4) is 0 Å². The molecule has 0 saturated carbocycles. The molecule has 232 valence electrons. The van der Waals surface area contributed by atoms with Crippen molar-refractivity contribution in [1.29, 1.82) is 0 Å². The zero-order chi connectivity index (χ0) is 31.7. The Labute approximate surface area is 273 Å². The van der Waals surface area contributed by atoms with E-state index in [2.05, 4.69) is 20.2 Å². The first kappa shape index (κ1) is 30.2. The molecule has 0 N–H and O–H groups in total. The molecule has 2 aliphatic heterocycles. The van der Waals surface area contributed by atoms with Crippen LogP contribution >= 0.6 is 23.2 Å². The number of epoxide rings is 2. The third-order valence-corrected chi connectivity index (χ3v) is 8.85. The molecule has 2 aromatic heterocycles. The highest BCUT2D eigenvalue weighted by Gasteiger charge is 2.60. The molecular weight excluding hydrogens is 633 g/mol. The van der Waals surface area contributed by atoms with Gasteiger partial charge in [0.1, 0.15) is 60.4 Å². The molecule has 8 rings (SSSR count). The molecule has 4 aromatic carbocycles. The Bertz CT molecular complexity index is 1790. The standard InChI is InChI=1S/2C17H13ClFN3O/c2*18-15-4-2-1-3-14(15)16-17(23-16,9-22-11-20-10-21-22)12-5-7-13(19)8-6-12/h2*1-8,10-11,16H,9H2. The van der Waals surface area contributed by atoms with Crippen molar-refractivity contribution in [2.75, 3.05) is 0 Å². The second kappa shape index (κ2) is 12.4. The zero-order valence-corrected chi connectivity index (χ0v) is 25.6. The predicted octanol–water partition coefficient (Wildman–Crippen LogP) is 7.48. The van der Waals surface area contributed by atoms with Crippen LogP contribution in [-0.2, 0) is 33.8 Å². The molecule has 0 amide bonds. The number of ether oxygens (including phenoxy) is 2. The molecule has 6 aromatic rings. The van der Waals surface area contributed by atoms with Gasteiger partial charge in [0.15, 0.2) is 0 Å². The van der Waals surface area contributed by atoms with Crippen molar-refractivity contribution in [3.8, 4) is 0 Å². The lowest BCUT2D eigenvalue weighted by Crippen LogP contribution is -2.19. The van der Waals surface area contributed by atoms with Crippen LogP contribution in [0.1, 0.15) is 34.5 Å². The predicted molar refractivity (Wildman–Crippen MR) is 167 cm³/mol. The summed E-state index contributed by atoms with van der Waals surface area (Å²) in [4.78, 5) is 7.93. The summed E-state index contributed by atoms with van der Waals surface area (Å²) in [6.45, 7) is 0.961. The first-order chi connectivity index (χ1) is 22.4. The third-order valence-electron chi connectivity index (χ3n) is 8.16. The van der Waals surface area contributed by atoms with Gasteiger partial charge in [-0.1, -0.05) is 83.9 Å². The Morgan fingerprint density at radius 1 is 0.587 bits per heavy atom. The van der Waals surface area contributed by atoms with Gasteiger partial charge in [0.2, 0.25) is 0 Å². The van der Waals surface area contributed by atoms with E-state index in [0.29, 0.717) is 23.1 Å². The van der Waals surface area contributed by atoms with Gasteiger partial charge >= 0.3 is 0 Å². The minimum atomic E-state index is -0.619. The highest BCUT2D eigenvalue weighted by Crippen LogP contribution is 2.60. The number of hydrogen-bond acceptors (Lipinski definition) is 6.